The predicted molar refractivity (Wildman–Crippen MR) is 87.1 cm³/mol. The van der Waals surface area contributed by atoms with Crippen LogP contribution in [0.5, 0.6) is 5.75 Å². The van der Waals surface area contributed by atoms with Gasteiger partial charge in [0, 0.05) is 18.8 Å². The summed E-state index contributed by atoms with van der Waals surface area (Å²) in [5.74, 6) is 0.562. The molecule has 3 N–H and O–H groups in total. The number of hydrogen-bond acceptors (Lipinski definition) is 4. The highest BCUT2D eigenvalue weighted by Crippen LogP contribution is 2.27. The van der Waals surface area contributed by atoms with Gasteiger partial charge in [-0.3, -0.25) is 0 Å². The zero-order chi connectivity index (χ0) is 16.6. The Morgan fingerprint density at radius 1 is 1.32 bits per heavy atom. The largest absolute Gasteiger partial charge is 0.492 e. The molecular formula is C13H20ClN3O4S. The Kier molecular flexibility index (Phi) is 7.43. The first-order valence-corrected chi connectivity index (χ1v) is 9.00. The Hall–Kier alpha value is -1.51. The van der Waals surface area contributed by atoms with Crippen LogP contribution in [-0.4, -0.2) is 40.4 Å². The summed E-state index contributed by atoms with van der Waals surface area (Å²) in [7, 11) is -3.25. The molecule has 0 spiro atoms. The van der Waals surface area contributed by atoms with E-state index in [4.69, 9.17) is 16.3 Å². The van der Waals surface area contributed by atoms with E-state index >= 15 is 0 Å². The van der Waals surface area contributed by atoms with Crippen LogP contribution in [0.3, 0.4) is 0 Å². The lowest BCUT2D eigenvalue weighted by molar-refractivity contribution is 0.252. The predicted octanol–water partition coefficient (Wildman–Crippen LogP) is 1.80. The molecule has 1 rings (SSSR count). The molecule has 0 fully saturated rings. The number of ether oxygens (including phenoxy) is 1. The van der Waals surface area contributed by atoms with Crippen molar-refractivity contribution in [1.82, 2.24) is 10.0 Å². The maximum absolute atomic E-state index is 11.6. The van der Waals surface area contributed by atoms with E-state index < -0.39 is 16.1 Å². The molecule has 2 amide bonds. The highest BCUT2D eigenvalue weighted by molar-refractivity contribution is 7.88. The summed E-state index contributed by atoms with van der Waals surface area (Å²) in [6, 6.07) is 4.49. The minimum Gasteiger partial charge on any atom is -0.492 e. The number of sulfonamides is 1. The highest BCUT2D eigenvalue weighted by atomic mass is 35.5. The van der Waals surface area contributed by atoms with Crippen LogP contribution in [0.1, 0.15) is 13.3 Å². The van der Waals surface area contributed by atoms with Gasteiger partial charge in [0.05, 0.1) is 17.9 Å². The van der Waals surface area contributed by atoms with E-state index in [-0.39, 0.29) is 13.1 Å². The molecule has 0 aromatic heterocycles. The fraction of sp³-hybridized carbons (Fsp3) is 0.462. The van der Waals surface area contributed by atoms with E-state index in [1.807, 2.05) is 6.92 Å². The number of nitrogens with one attached hydrogen (secondary N) is 3. The lowest BCUT2D eigenvalue weighted by Gasteiger charge is -2.10. The number of carbonyl (C=O) groups excluding carboxylic acids is 1. The monoisotopic (exact) mass is 349 g/mol. The Morgan fingerprint density at radius 2 is 2.05 bits per heavy atom. The number of amides is 2. The molecule has 22 heavy (non-hydrogen) atoms. The highest BCUT2D eigenvalue weighted by Gasteiger charge is 2.06. The molecule has 124 valence electrons. The van der Waals surface area contributed by atoms with Gasteiger partial charge in [-0.25, -0.2) is 17.9 Å². The number of carbonyl (C=O) groups is 1. The number of benzene rings is 1. The topological polar surface area (TPSA) is 96.5 Å². The van der Waals surface area contributed by atoms with Crippen LogP contribution in [0.15, 0.2) is 18.2 Å². The van der Waals surface area contributed by atoms with Gasteiger partial charge in [0.25, 0.3) is 0 Å². The van der Waals surface area contributed by atoms with Crippen molar-refractivity contribution in [2.75, 3.05) is 31.3 Å². The number of hydrogen-bond donors (Lipinski definition) is 3. The van der Waals surface area contributed by atoms with E-state index in [2.05, 4.69) is 15.4 Å². The zero-order valence-corrected chi connectivity index (χ0v) is 14.1. The first-order chi connectivity index (χ1) is 10.3. The fourth-order valence-electron chi connectivity index (χ4n) is 1.50. The van der Waals surface area contributed by atoms with Crippen LogP contribution in [0.25, 0.3) is 0 Å². The van der Waals surface area contributed by atoms with Crippen molar-refractivity contribution in [1.29, 1.82) is 0 Å². The Labute approximate surface area is 135 Å². The van der Waals surface area contributed by atoms with Gasteiger partial charge in [0.2, 0.25) is 10.0 Å². The van der Waals surface area contributed by atoms with E-state index in [9.17, 15) is 13.2 Å². The molecule has 0 saturated carbocycles. The second kappa shape index (κ2) is 8.82. The average Bonchev–Trinajstić information content (AvgIpc) is 2.42. The van der Waals surface area contributed by atoms with Crippen molar-refractivity contribution in [2.24, 2.45) is 0 Å². The third-order valence-corrected chi connectivity index (χ3v) is 3.45. The second-order valence-corrected chi connectivity index (χ2v) is 6.78. The van der Waals surface area contributed by atoms with E-state index in [1.165, 1.54) is 0 Å². The first kappa shape index (κ1) is 18.5. The number of halogens is 1. The Morgan fingerprint density at radius 3 is 2.64 bits per heavy atom. The van der Waals surface area contributed by atoms with Gasteiger partial charge in [0.1, 0.15) is 5.75 Å². The summed E-state index contributed by atoms with van der Waals surface area (Å²) in [6.07, 6.45) is 1.93. The second-order valence-electron chi connectivity index (χ2n) is 4.54. The first-order valence-electron chi connectivity index (χ1n) is 6.73. The summed E-state index contributed by atoms with van der Waals surface area (Å²) in [5.41, 5.74) is 0.516. The summed E-state index contributed by atoms with van der Waals surface area (Å²) in [4.78, 5) is 11.6. The molecule has 0 aliphatic rings. The molecule has 0 unspecified atom stereocenters. The number of urea groups is 1. The molecule has 1 aromatic rings. The normalized spacial score (nSPS) is 11.0. The molecule has 1 aromatic carbocycles. The number of anilines is 1. The summed E-state index contributed by atoms with van der Waals surface area (Å²) >= 11 is 6.05. The fourth-order valence-corrected chi connectivity index (χ4v) is 2.20. The van der Waals surface area contributed by atoms with E-state index in [0.717, 1.165) is 12.7 Å². The van der Waals surface area contributed by atoms with Crippen LogP contribution in [0.4, 0.5) is 10.5 Å². The lowest BCUT2D eigenvalue weighted by Crippen LogP contribution is -2.36. The third kappa shape index (κ3) is 7.48. The van der Waals surface area contributed by atoms with Crippen molar-refractivity contribution >= 4 is 33.3 Å². The van der Waals surface area contributed by atoms with Crippen LogP contribution in [0, 0.1) is 0 Å². The van der Waals surface area contributed by atoms with Gasteiger partial charge in [-0.15, -0.1) is 0 Å². The molecular weight excluding hydrogens is 330 g/mol. The van der Waals surface area contributed by atoms with E-state index in [0.29, 0.717) is 23.1 Å². The SMILES string of the molecule is CCCOc1ccc(NC(=O)NCCNS(C)(=O)=O)cc1Cl. The van der Waals surface area contributed by atoms with Gasteiger partial charge < -0.3 is 15.4 Å². The summed E-state index contributed by atoms with van der Waals surface area (Å²) in [5, 5.41) is 5.52. The van der Waals surface area contributed by atoms with Crippen molar-refractivity contribution in [3.8, 4) is 5.75 Å². The van der Waals surface area contributed by atoms with Gasteiger partial charge >= 0.3 is 6.03 Å². The van der Waals surface area contributed by atoms with Crippen LogP contribution < -0.4 is 20.1 Å². The van der Waals surface area contributed by atoms with Gasteiger partial charge in [-0.1, -0.05) is 18.5 Å². The summed E-state index contributed by atoms with van der Waals surface area (Å²) < 4.78 is 29.4. The molecule has 7 nitrogen and oxygen atoms in total. The van der Waals surface area contributed by atoms with Gasteiger partial charge in [-0.05, 0) is 24.6 Å². The van der Waals surface area contributed by atoms with Crippen molar-refractivity contribution in [3.63, 3.8) is 0 Å². The van der Waals surface area contributed by atoms with Crippen LogP contribution in [0.2, 0.25) is 5.02 Å². The van der Waals surface area contributed by atoms with Crippen LogP contribution in [-0.2, 0) is 10.0 Å². The smallest absolute Gasteiger partial charge is 0.319 e. The van der Waals surface area contributed by atoms with E-state index in [1.54, 1.807) is 18.2 Å². The molecule has 0 aliphatic heterocycles. The maximum Gasteiger partial charge on any atom is 0.319 e. The van der Waals surface area contributed by atoms with Gasteiger partial charge in [0.15, 0.2) is 0 Å². The minimum absolute atomic E-state index is 0.122. The summed E-state index contributed by atoms with van der Waals surface area (Å²) in [6.45, 7) is 2.86. The number of rotatable bonds is 8. The van der Waals surface area contributed by atoms with Crippen molar-refractivity contribution < 1.29 is 17.9 Å². The van der Waals surface area contributed by atoms with Crippen LogP contribution >= 0.6 is 11.6 Å². The molecule has 9 heteroatoms. The standard InChI is InChI=1S/C13H20ClN3O4S/c1-3-8-21-12-5-4-10(9-11(12)14)17-13(18)15-6-7-16-22(2,19)20/h4-5,9,16H,3,6-8H2,1-2H3,(H2,15,17,18). The van der Waals surface area contributed by atoms with Crippen molar-refractivity contribution in [2.45, 2.75) is 13.3 Å². The maximum atomic E-state index is 11.6. The molecule has 0 heterocycles. The molecule has 0 aliphatic carbocycles. The van der Waals surface area contributed by atoms with Gasteiger partial charge in [-0.2, -0.15) is 0 Å². The quantitative estimate of drug-likeness (QED) is 0.623. The zero-order valence-electron chi connectivity index (χ0n) is 12.5. The lowest BCUT2D eigenvalue weighted by atomic mass is 10.3. The average molecular weight is 350 g/mol. The third-order valence-electron chi connectivity index (χ3n) is 2.43. The molecule has 0 bridgehead atoms. The van der Waals surface area contributed by atoms with Crippen molar-refractivity contribution in [3.05, 3.63) is 23.2 Å². The Balaban J connectivity index is 2.42. The Bertz CT molecular complexity index is 607. The minimum atomic E-state index is -3.25. The molecule has 0 radical (unpaired) electrons. The molecule has 0 atom stereocenters. The molecule has 0 saturated heterocycles.